The maximum atomic E-state index is 13.1. The Morgan fingerprint density at radius 2 is 1.72 bits per heavy atom. The zero-order chi connectivity index (χ0) is 30.6. The van der Waals surface area contributed by atoms with Gasteiger partial charge in [0.2, 0.25) is 0 Å². The fourth-order valence-electron chi connectivity index (χ4n) is 5.80. The Kier molecular flexibility index (Phi) is 9.62. The average Bonchev–Trinajstić information content (AvgIpc) is 3.46. The van der Waals surface area contributed by atoms with Crippen molar-refractivity contribution >= 4 is 17.6 Å². The minimum absolute atomic E-state index is 0.0295. The van der Waals surface area contributed by atoms with Crippen LogP contribution in [0.15, 0.2) is 78.9 Å². The lowest BCUT2D eigenvalue weighted by molar-refractivity contribution is -0.276. The molecular formula is C35H42N2O6. The second-order valence-electron chi connectivity index (χ2n) is 12.5. The normalized spacial score (nSPS) is 24.4. The van der Waals surface area contributed by atoms with Crippen LogP contribution in [0, 0.1) is 5.92 Å². The topological polar surface area (TPSA) is 97.3 Å². The predicted octanol–water partition coefficient (Wildman–Crippen LogP) is 6.03. The lowest BCUT2D eigenvalue weighted by atomic mass is 9.90. The number of carbonyl (C=O) groups excluding carboxylic acids is 2. The molecule has 3 aromatic carbocycles. The minimum atomic E-state index is -0.695. The number of amides is 1. The Morgan fingerprint density at radius 3 is 2.42 bits per heavy atom. The molecule has 8 heteroatoms. The van der Waals surface area contributed by atoms with Crippen molar-refractivity contribution in [2.75, 3.05) is 18.4 Å². The summed E-state index contributed by atoms with van der Waals surface area (Å²) in [7, 11) is 0. The summed E-state index contributed by atoms with van der Waals surface area (Å²) in [6, 6.07) is 24.1. The number of esters is 1. The van der Waals surface area contributed by atoms with Gasteiger partial charge in [-0.3, -0.25) is 14.5 Å². The van der Waals surface area contributed by atoms with Crippen LogP contribution < -0.4 is 5.32 Å². The van der Waals surface area contributed by atoms with Crippen LogP contribution in [0.25, 0.3) is 0 Å². The van der Waals surface area contributed by atoms with E-state index in [9.17, 15) is 14.7 Å². The average molecular weight is 587 g/mol. The molecule has 0 radical (unpaired) electrons. The number of nitrogens with zero attached hydrogens (tertiary/aromatic N) is 1. The lowest BCUT2D eigenvalue weighted by Gasteiger charge is -2.43. The van der Waals surface area contributed by atoms with E-state index < -0.39 is 11.9 Å². The molecule has 2 heterocycles. The molecule has 1 amide bonds. The second kappa shape index (κ2) is 13.4. The first-order valence-corrected chi connectivity index (χ1v) is 15.0. The van der Waals surface area contributed by atoms with Crippen molar-refractivity contribution < 1.29 is 28.9 Å². The molecule has 2 aliphatic heterocycles. The number of hydrogen-bond donors (Lipinski definition) is 2. The van der Waals surface area contributed by atoms with Gasteiger partial charge in [0.1, 0.15) is 11.6 Å². The van der Waals surface area contributed by atoms with Crippen molar-refractivity contribution in [2.24, 2.45) is 5.92 Å². The van der Waals surface area contributed by atoms with Gasteiger partial charge < -0.3 is 24.6 Å². The third kappa shape index (κ3) is 7.70. The number of carbonyl (C=O) groups is 2. The Labute approximate surface area is 254 Å². The van der Waals surface area contributed by atoms with E-state index >= 15 is 0 Å². The van der Waals surface area contributed by atoms with Crippen LogP contribution in [-0.2, 0) is 25.6 Å². The molecule has 2 saturated heterocycles. The van der Waals surface area contributed by atoms with Gasteiger partial charge in [0.25, 0.3) is 5.91 Å². The van der Waals surface area contributed by atoms with Gasteiger partial charge in [-0.15, -0.1) is 0 Å². The highest BCUT2D eigenvalue weighted by Crippen LogP contribution is 2.42. The van der Waals surface area contributed by atoms with Crippen LogP contribution in [0.1, 0.15) is 80.0 Å². The smallest absolute Gasteiger partial charge is 0.323 e. The van der Waals surface area contributed by atoms with Gasteiger partial charge in [-0.25, -0.2) is 0 Å². The highest BCUT2D eigenvalue weighted by atomic mass is 16.7. The Hall–Kier alpha value is -3.56. The molecule has 228 valence electrons. The zero-order valence-corrected chi connectivity index (χ0v) is 25.4. The largest absolute Gasteiger partial charge is 0.459 e. The van der Waals surface area contributed by atoms with E-state index in [-0.39, 0.29) is 42.7 Å². The molecule has 43 heavy (non-hydrogen) atoms. The maximum absolute atomic E-state index is 13.1. The van der Waals surface area contributed by atoms with Gasteiger partial charge >= 0.3 is 5.97 Å². The van der Waals surface area contributed by atoms with Crippen molar-refractivity contribution in [2.45, 2.75) is 77.3 Å². The molecule has 0 saturated carbocycles. The molecular weight excluding hydrogens is 544 g/mol. The summed E-state index contributed by atoms with van der Waals surface area (Å²) in [6.07, 6.45) is 0.444. The molecule has 2 N–H and O–H groups in total. The first kappa shape index (κ1) is 30.9. The first-order valence-electron chi connectivity index (χ1n) is 15.0. The number of benzene rings is 3. The number of aliphatic hydroxyl groups is 1. The Bertz CT molecular complexity index is 1390. The fourth-order valence-corrected chi connectivity index (χ4v) is 5.80. The van der Waals surface area contributed by atoms with Gasteiger partial charge in [-0.05, 0) is 75.5 Å². The highest BCUT2D eigenvalue weighted by molar-refractivity contribution is 6.04. The zero-order valence-electron chi connectivity index (χ0n) is 25.4. The molecule has 2 aliphatic rings. The number of rotatable bonds is 8. The molecule has 0 spiro atoms. The van der Waals surface area contributed by atoms with Gasteiger partial charge in [-0.1, -0.05) is 61.5 Å². The standard InChI is InChI=1S/C35H42N2O6/c1-23-30(21-37-19-9-14-29(37)33(40)43-35(2,3)4)41-34(42-31(23)25-17-15-24(22-38)16-18-25)27-12-8-13-28(20-27)36-32(39)26-10-6-5-7-11-26/h5-8,10-13,15-18,20,23,29-31,34,38H,9,14,19,21-22H2,1-4H3,(H,36,39)/t23-,29+,30+,31+,34+/m1/s1. The van der Waals surface area contributed by atoms with Crippen LogP contribution in [0.4, 0.5) is 5.69 Å². The molecule has 2 fully saturated rings. The number of likely N-dealkylation sites (tertiary alicyclic amines) is 1. The summed E-state index contributed by atoms with van der Waals surface area (Å²) in [5, 5.41) is 12.5. The Balaban J connectivity index is 1.39. The van der Waals surface area contributed by atoms with Crippen LogP contribution in [0.3, 0.4) is 0 Å². The summed E-state index contributed by atoms with van der Waals surface area (Å²) >= 11 is 0. The van der Waals surface area contributed by atoms with Crippen molar-refractivity contribution in [1.82, 2.24) is 4.90 Å². The van der Waals surface area contributed by atoms with Gasteiger partial charge in [0, 0.05) is 29.3 Å². The number of nitrogens with one attached hydrogen (secondary N) is 1. The van der Waals surface area contributed by atoms with E-state index in [1.54, 1.807) is 12.1 Å². The molecule has 0 aliphatic carbocycles. The van der Waals surface area contributed by atoms with E-state index in [1.807, 2.05) is 87.5 Å². The number of anilines is 1. The summed E-state index contributed by atoms with van der Waals surface area (Å²) in [5.41, 5.74) is 3.26. The lowest BCUT2D eigenvalue weighted by Crippen LogP contribution is -2.48. The highest BCUT2D eigenvalue weighted by Gasteiger charge is 2.42. The SMILES string of the molecule is C[C@@H]1[C@H](CN2CCC[C@H]2C(=O)OC(C)(C)C)O[C@H](c2cccc(NC(=O)c3ccccc3)c2)O[C@@H]1c1ccc(CO)cc1. The van der Waals surface area contributed by atoms with Crippen LogP contribution in [0.2, 0.25) is 0 Å². The van der Waals surface area contributed by atoms with E-state index in [4.69, 9.17) is 14.2 Å². The van der Waals surface area contributed by atoms with Crippen molar-refractivity contribution in [1.29, 1.82) is 0 Å². The number of aliphatic hydroxyl groups excluding tert-OH is 1. The van der Waals surface area contributed by atoms with E-state index in [0.29, 0.717) is 17.8 Å². The minimum Gasteiger partial charge on any atom is -0.459 e. The molecule has 3 aromatic rings. The molecule has 0 bridgehead atoms. The van der Waals surface area contributed by atoms with Crippen LogP contribution in [0.5, 0.6) is 0 Å². The fraction of sp³-hybridized carbons (Fsp3) is 0.429. The molecule has 5 rings (SSSR count). The van der Waals surface area contributed by atoms with E-state index in [0.717, 1.165) is 36.1 Å². The summed E-state index contributed by atoms with van der Waals surface area (Å²) in [4.78, 5) is 28.1. The van der Waals surface area contributed by atoms with E-state index in [2.05, 4.69) is 17.1 Å². The predicted molar refractivity (Wildman–Crippen MR) is 164 cm³/mol. The van der Waals surface area contributed by atoms with Crippen molar-refractivity contribution in [3.8, 4) is 0 Å². The molecule has 0 aromatic heterocycles. The van der Waals surface area contributed by atoms with Gasteiger partial charge in [0.05, 0.1) is 18.8 Å². The van der Waals surface area contributed by atoms with Crippen molar-refractivity contribution in [3.05, 3.63) is 101 Å². The monoisotopic (exact) mass is 586 g/mol. The number of hydrogen-bond acceptors (Lipinski definition) is 7. The molecule has 8 nitrogen and oxygen atoms in total. The van der Waals surface area contributed by atoms with Gasteiger partial charge in [-0.2, -0.15) is 0 Å². The van der Waals surface area contributed by atoms with Gasteiger partial charge in [0.15, 0.2) is 6.29 Å². The third-order valence-corrected chi connectivity index (χ3v) is 8.03. The first-order chi connectivity index (χ1) is 20.6. The van der Waals surface area contributed by atoms with Crippen molar-refractivity contribution in [3.63, 3.8) is 0 Å². The summed E-state index contributed by atoms with van der Waals surface area (Å²) in [5.74, 6) is -0.421. The van der Waals surface area contributed by atoms with Crippen LogP contribution in [-0.4, -0.2) is 52.7 Å². The second-order valence-corrected chi connectivity index (χ2v) is 12.5. The summed E-state index contributed by atoms with van der Waals surface area (Å²) in [6.45, 7) is 9.10. The summed E-state index contributed by atoms with van der Waals surface area (Å²) < 4.78 is 19.0. The molecule has 0 unspecified atom stereocenters. The molecule has 5 atom stereocenters. The van der Waals surface area contributed by atoms with Crippen LogP contribution >= 0.6 is 0 Å². The third-order valence-electron chi connectivity index (χ3n) is 8.03. The maximum Gasteiger partial charge on any atom is 0.323 e. The number of ether oxygens (including phenoxy) is 3. The Morgan fingerprint density at radius 1 is 0.977 bits per heavy atom. The quantitative estimate of drug-likeness (QED) is 0.311. The van der Waals surface area contributed by atoms with E-state index in [1.165, 1.54) is 0 Å².